The third-order valence-corrected chi connectivity index (χ3v) is 4.78. The zero-order chi connectivity index (χ0) is 14.4. The summed E-state index contributed by atoms with van der Waals surface area (Å²) < 4.78 is 0. The van der Waals surface area contributed by atoms with Gasteiger partial charge in [0.25, 0.3) is 0 Å². The lowest BCUT2D eigenvalue weighted by Gasteiger charge is -2.31. The van der Waals surface area contributed by atoms with Gasteiger partial charge in [-0.3, -0.25) is 10.1 Å². The zero-order valence-corrected chi connectivity index (χ0v) is 12.5. The Labute approximate surface area is 128 Å². The number of nitrogens with zero attached hydrogens (tertiary/aromatic N) is 3. The molecule has 110 valence electrons. The van der Waals surface area contributed by atoms with Crippen LogP contribution in [0, 0.1) is 0 Å². The average molecular weight is 305 g/mol. The first kappa shape index (κ1) is 13.0. The summed E-state index contributed by atoms with van der Waals surface area (Å²) in [6.45, 7) is 3.14. The topological polar surface area (TPSA) is 47.9 Å². The molecule has 3 heterocycles. The van der Waals surface area contributed by atoms with Crippen molar-refractivity contribution in [2.24, 2.45) is 4.99 Å². The van der Waals surface area contributed by atoms with Crippen molar-refractivity contribution in [2.45, 2.75) is 25.8 Å². The second kappa shape index (κ2) is 4.91. The number of halogens is 1. The van der Waals surface area contributed by atoms with Crippen molar-refractivity contribution in [1.82, 2.24) is 10.2 Å². The van der Waals surface area contributed by atoms with Crippen molar-refractivity contribution in [1.29, 1.82) is 0 Å². The van der Waals surface area contributed by atoms with Gasteiger partial charge in [0.05, 0.1) is 22.9 Å². The molecule has 0 aliphatic carbocycles. The second-order valence-electron chi connectivity index (χ2n) is 5.78. The summed E-state index contributed by atoms with van der Waals surface area (Å²) in [6, 6.07) is 4.07. The Kier molecular flexibility index (Phi) is 3.03. The monoisotopic (exact) mass is 304 g/mol. The maximum absolute atomic E-state index is 11.5. The number of piperidine rings is 1. The van der Waals surface area contributed by atoms with Crippen LogP contribution in [0.25, 0.3) is 0 Å². The third kappa shape index (κ3) is 2.16. The molecule has 0 atom stereocenters. The Morgan fingerprint density at radius 1 is 1.10 bits per heavy atom. The van der Waals surface area contributed by atoms with Crippen molar-refractivity contribution in [2.75, 3.05) is 24.5 Å². The number of amides is 1. The minimum Gasteiger partial charge on any atom is -0.370 e. The smallest absolute Gasteiger partial charge is 0.246 e. The number of aliphatic imine (C=N–C) groups is 1. The van der Waals surface area contributed by atoms with E-state index in [1.807, 2.05) is 11.0 Å². The van der Waals surface area contributed by atoms with Crippen molar-refractivity contribution >= 4 is 34.8 Å². The van der Waals surface area contributed by atoms with Gasteiger partial charge in [0.2, 0.25) is 11.9 Å². The summed E-state index contributed by atoms with van der Waals surface area (Å²) in [7, 11) is 0. The predicted octanol–water partition coefficient (Wildman–Crippen LogP) is 2.26. The number of benzene rings is 1. The molecule has 21 heavy (non-hydrogen) atoms. The molecule has 1 aromatic rings. The lowest BCUT2D eigenvalue weighted by atomic mass is 10.1. The molecule has 5 nitrogen and oxygen atoms in total. The van der Waals surface area contributed by atoms with Gasteiger partial charge in [-0.25, -0.2) is 4.99 Å². The molecule has 0 unspecified atom stereocenters. The normalized spacial score (nSPS) is 20.8. The van der Waals surface area contributed by atoms with Gasteiger partial charge >= 0.3 is 0 Å². The number of hydrogen-bond donors (Lipinski definition) is 1. The van der Waals surface area contributed by atoms with Crippen LogP contribution in [0.15, 0.2) is 17.1 Å². The molecular weight excluding hydrogens is 288 g/mol. The Bertz CT molecular complexity index is 637. The largest absolute Gasteiger partial charge is 0.370 e. The van der Waals surface area contributed by atoms with E-state index in [4.69, 9.17) is 11.6 Å². The number of fused-ring (bicyclic) bond motifs is 2. The maximum atomic E-state index is 11.5. The van der Waals surface area contributed by atoms with Gasteiger partial charge in [-0.1, -0.05) is 11.6 Å². The Morgan fingerprint density at radius 3 is 2.71 bits per heavy atom. The van der Waals surface area contributed by atoms with E-state index in [9.17, 15) is 4.79 Å². The van der Waals surface area contributed by atoms with Crippen LogP contribution in [0.2, 0.25) is 5.02 Å². The van der Waals surface area contributed by atoms with Crippen molar-refractivity contribution in [3.8, 4) is 0 Å². The molecule has 0 spiro atoms. The summed E-state index contributed by atoms with van der Waals surface area (Å²) >= 11 is 6.64. The molecule has 1 amide bonds. The van der Waals surface area contributed by atoms with Crippen LogP contribution in [-0.4, -0.2) is 36.4 Å². The first-order chi connectivity index (χ1) is 10.2. The average Bonchev–Trinajstić information content (AvgIpc) is 2.86. The van der Waals surface area contributed by atoms with E-state index >= 15 is 0 Å². The van der Waals surface area contributed by atoms with Crippen LogP contribution < -0.4 is 10.2 Å². The van der Waals surface area contributed by atoms with Crippen LogP contribution in [0.3, 0.4) is 0 Å². The summed E-state index contributed by atoms with van der Waals surface area (Å²) in [5.41, 5.74) is 3.00. The number of carbonyl (C=O) groups excluding carboxylic acids is 1. The molecule has 0 radical (unpaired) electrons. The molecule has 3 aliphatic heterocycles. The first-order valence-corrected chi connectivity index (χ1v) is 7.80. The van der Waals surface area contributed by atoms with E-state index in [2.05, 4.69) is 21.3 Å². The lowest BCUT2D eigenvalue weighted by Crippen LogP contribution is -2.33. The minimum atomic E-state index is -0.00562. The Hall–Kier alpha value is -1.75. The van der Waals surface area contributed by atoms with Crippen LogP contribution in [-0.2, 0) is 11.3 Å². The van der Waals surface area contributed by atoms with Crippen molar-refractivity contribution in [3.05, 3.63) is 22.7 Å². The summed E-state index contributed by atoms with van der Waals surface area (Å²) in [5, 5.41) is 3.57. The molecule has 4 rings (SSSR count). The van der Waals surface area contributed by atoms with E-state index in [1.165, 1.54) is 19.3 Å². The maximum Gasteiger partial charge on any atom is 0.246 e. The highest BCUT2D eigenvalue weighted by Crippen LogP contribution is 2.39. The van der Waals surface area contributed by atoms with Gasteiger partial charge in [0, 0.05) is 18.7 Å². The van der Waals surface area contributed by atoms with Crippen molar-refractivity contribution in [3.63, 3.8) is 0 Å². The van der Waals surface area contributed by atoms with Gasteiger partial charge in [-0.05, 0) is 31.4 Å². The van der Waals surface area contributed by atoms with Crippen LogP contribution in [0.4, 0.5) is 11.4 Å². The molecule has 0 saturated carbocycles. The first-order valence-electron chi connectivity index (χ1n) is 7.42. The van der Waals surface area contributed by atoms with E-state index in [-0.39, 0.29) is 5.91 Å². The summed E-state index contributed by atoms with van der Waals surface area (Å²) in [5.74, 6) is 0.642. The number of rotatable bonds is 1. The standard InChI is InChI=1S/C15H17ClN4O/c16-14-10-8-20-9-13(21)18-15(20)17-11(10)4-5-12(14)19-6-2-1-3-7-19/h4-5H,1-3,6-9H2,(H,17,18,21). The molecule has 1 N–H and O–H groups in total. The highest BCUT2D eigenvalue weighted by atomic mass is 35.5. The van der Waals surface area contributed by atoms with Gasteiger partial charge in [0.1, 0.15) is 6.54 Å². The molecule has 0 aromatic heterocycles. The SMILES string of the molecule is O=C1CN2Cc3c(ccc(N4CCCCC4)c3Cl)N=C2N1. The molecule has 3 aliphatic rings. The lowest BCUT2D eigenvalue weighted by molar-refractivity contribution is -0.118. The number of anilines is 1. The number of hydrogen-bond acceptors (Lipinski definition) is 4. The molecule has 2 fully saturated rings. The number of guanidine groups is 1. The zero-order valence-electron chi connectivity index (χ0n) is 11.7. The molecular formula is C15H17ClN4O. The summed E-state index contributed by atoms with van der Waals surface area (Å²) in [4.78, 5) is 20.3. The van der Waals surface area contributed by atoms with Gasteiger partial charge in [-0.15, -0.1) is 0 Å². The highest BCUT2D eigenvalue weighted by molar-refractivity contribution is 6.34. The fraction of sp³-hybridized carbons (Fsp3) is 0.467. The van der Waals surface area contributed by atoms with Gasteiger partial charge in [0.15, 0.2) is 0 Å². The van der Waals surface area contributed by atoms with E-state index in [0.717, 1.165) is 35.1 Å². The Morgan fingerprint density at radius 2 is 1.90 bits per heavy atom. The predicted molar refractivity (Wildman–Crippen MR) is 83.2 cm³/mol. The quantitative estimate of drug-likeness (QED) is 0.866. The van der Waals surface area contributed by atoms with Crippen LogP contribution in [0.1, 0.15) is 24.8 Å². The number of nitrogens with one attached hydrogen (secondary N) is 1. The third-order valence-electron chi connectivity index (χ3n) is 4.36. The van der Waals surface area contributed by atoms with Gasteiger partial charge < -0.3 is 9.80 Å². The van der Waals surface area contributed by atoms with Crippen LogP contribution >= 0.6 is 11.6 Å². The second-order valence-corrected chi connectivity index (χ2v) is 6.16. The molecule has 2 saturated heterocycles. The molecule has 0 bridgehead atoms. The fourth-order valence-electron chi connectivity index (χ4n) is 3.26. The van der Waals surface area contributed by atoms with Crippen molar-refractivity contribution < 1.29 is 4.79 Å². The summed E-state index contributed by atoms with van der Waals surface area (Å²) in [6.07, 6.45) is 3.74. The Balaban J connectivity index is 1.71. The van der Waals surface area contributed by atoms with E-state index < -0.39 is 0 Å². The fourth-order valence-corrected chi connectivity index (χ4v) is 3.60. The molecule has 6 heteroatoms. The van der Waals surface area contributed by atoms with E-state index in [0.29, 0.717) is 19.0 Å². The van der Waals surface area contributed by atoms with Crippen LogP contribution in [0.5, 0.6) is 0 Å². The van der Waals surface area contributed by atoms with E-state index in [1.54, 1.807) is 0 Å². The van der Waals surface area contributed by atoms with Gasteiger partial charge in [-0.2, -0.15) is 0 Å². The number of carbonyl (C=O) groups is 1. The highest BCUT2D eigenvalue weighted by Gasteiger charge is 2.31. The minimum absolute atomic E-state index is 0.00562. The molecule has 1 aromatic carbocycles.